The molecule has 1 unspecified atom stereocenters. The van der Waals surface area contributed by atoms with E-state index in [1.807, 2.05) is 6.92 Å². The summed E-state index contributed by atoms with van der Waals surface area (Å²) >= 11 is 5.38. The van der Waals surface area contributed by atoms with E-state index in [1.54, 1.807) is 0 Å². The topological polar surface area (TPSA) is 33.7 Å². The first-order chi connectivity index (χ1) is 8.24. The average Bonchev–Trinajstić information content (AvgIpc) is 2.53. The van der Waals surface area contributed by atoms with Crippen molar-refractivity contribution in [3.63, 3.8) is 0 Å². The van der Waals surface area contributed by atoms with Crippen LogP contribution in [0.25, 0.3) is 0 Å². The molecule has 1 aliphatic rings. The highest BCUT2D eigenvalue weighted by molar-refractivity contribution is 7.80. The van der Waals surface area contributed by atoms with Crippen molar-refractivity contribution in [1.82, 2.24) is 10.2 Å². The van der Waals surface area contributed by atoms with Gasteiger partial charge in [-0.25, -0.2) is 0 Å². The van der Waals surface area contributed by atoms with Gasteiger partial charge in [0.25, 0.3) is 0 Å². The number of ether oxygens (including phenoxy) is 2. The summed E-state index contributed by atoms with van der Waals surface area (Å²) in [6, 6.07) is 0. The summed E-state index contributed by atoms with van der Waals surface area (Å²) in [5.74, 6) is 0. The van der Waals surface area contributed by atoms with Crippen LogP contribution in [0.3, 0.4) is 0 Å². The van der Waals surface area contributed by atoms with E-state index in [-0.39, 0.29) is 6.10 Å². The third-order valence-electron chi connectivity index (χ3n) is 2.69. The zero-order valence-electron chi connectivity index (χ0n) is 10.9. The van der Waals surface area contributed by atoms with Gasteiger partial charge in [-0.1, -0.05) is 0 Å². The molecule has 100 valence electrons. The van der Waals surface area contributed by atoms with E-state index in [0.29, 0.717) is 0 Å². The Morgan fingerprint density at radius 1 is 1.59 bits per heavy atom. The molecule has 4 nitrogen and oxygen atoms in total. The van der Waals surface area contributed by atoms with Crippen LogP contribution in [0.1, 0.15) is 26.7 Å². The molecule has 0 spiro atoms. The highest BCUT2D eigenvalue weighted by Gasteiger charge is 2.16. The van der Waals surface area contributed by atoms with Crippen LogP contribution >= 0.6 is 12.2 Å². The quantitative estimate of drug-likeness (QED) is 0.597. The van der Waals surface area contributed by atoms with Gasteiger partial charge in [-0.3, -0.25) is 0 Å². The molecule has 0 bridgehead atoms. The molecule has 0 amide bonds. The van der Waals surface area contributed by atoms with Crippen molar-refractivity contribution in [3.8, 4) is 0 Å². The number of nitrogens with one attached hydrogen (secondary N) is 1. The first-order valence-corrected chi connectivity index (χ1v) is 6.87. The van der Waals surface area contributed by atoms with Gasteiger partial charge in [0, 0.05) is 39.5 Å². The summed E-state index contributed by atoms with van der Waals surface area (Å²) in [6.45, 7) is 9.28. The Balaban J connectivity index is 2.17. The Labute approximate surface area is 110 Å². The van der Waals surface area contributed by atoms with Crippen LogP contribution in [-0.4, -0.2) is 55.6 Å². The SMILES string of the molecule is CCOCCCNC(=S)N1CCCOC(C)C1. The Kier molecular flexibility index (Phi) is 7.48. The molecule has 0 radical (unpaired) electrons. The summed E-state index contributed by atoms with van der Waals surface area (Å²) in [4.78, 5) is 2.20. The van der Waals surface area contributed by atoms with E-state index in [1.165, 1.54) is 0 Å². The molecule has 0 aromatic heterocycles. The second-order valence-corrected chi connectivity index (χ2v) is 4.65. The van der Waals surface area contributed by atoms with E-state index in [4.69, 9.17) is 21.7 Å². The van der Waals surface area contributed by atoms with Crippen LogP contribution in [0, 0.1) is 0 Å². The molecular formula is C12H24N2O2S. The van der Waals surface area contributed by atoms with Crippen LogP contribution in [-0.2, 0) is 9.47 Å². The molecule has 0 aromatic rings. The maximum Gasteiger partial charge on any atom is 0.169 e. The number of thiocarbonyl (C=S) groups is 1. The third-order valence-corrected chi connectivity index (χ3v) is 3.09. The Morgan fingerprint density at radius 2 is 2.41 bits per heavy atom. The molecule has 1 N–H and O–H groups in total. The van der Waals surface area contributed by atoms with Gasteiger partial charge in [0.15, 0.2) is 5.11 Å². The van der Waals surface area contributed by atoms with E-state index >= 15 is 0 Å². The lowest BCUT2D eigenvalue weighted by Crippen LogP contribution is -2.43. The van der Waals surface area contributed by atoms with E-state index in [2.05, 4.69) is 17.1 Å². The first kappa shape index (κ1) is 14.7. The third kappa shape index (κ3) is 6.19. The molecule has 1 heterocycles. The van der Waals surface area contributed by atoms with Gasteiger partial charge in [-0.05, 0) is 38.9 Å². The van der Waals surface area contributed by atoms with Gasteiger partial charge >= 0.3 is 0 Å². The monoisotopic (exact) mass is 260 g/mol. The lowest BCUT2D eigenvalue weighted by atomic mass is 10.3. The fraction of sp³-hybridized carbons (Fsp3) is 0.917. The second kappa shape index (κ2) is 8.66. The zero-order valence-corrected chi connectivity index (χ0v) is 11.7. The lowest BCUT2D eigenvalue weighted by molar-refractivity contribution is 0.0742. The lowest BCUT2D eigenvalue weighted by Gasteiger charge is -2.25. The van der Waals surface area contributed by atoms with E-state index in [9.17, 15) is 0 Å². The van der Waals surface area contributed by atoms with Crippen molar-refractivity contribution in [2.75, 3.05) is 39.5 Å². The molecular weight excluding hydrogens is 236 g/mol. The molecule has 1 atom stereocenters. The summed E-state index contributed by atoms with van der Waals surface area (Å²) in [7, 11) is 0. The molecule has 5 heteroatoms. The molecule has 0 saturated carbocycles. The van der Waals surface area contributed by atoms with Crippen LogP contribution in [0.2, 0.25) is 0 Å². The minimum Gasteiger partial charge on any atom is -0.382 e. The normalized spacial score (nSPS) is 21.1. The van der Waals surface area contributed by atoms with Crippen LogP contribution in [0.4, 0.5) is 0 Å². The molecule has 0 aliphatic carbocycles. The standard InChI is InChI=1S/C12H24N2O2S/c1-3-15-8-4-6-13-12(17)14-7-5-9-16-11(2)10-14/h11H,3-10H2,1-2H3,(H,13,17). The molecule has 1 saturated heterocycles. The van der Waals surface area contributed by atoms with Crippen molar-refractivity contribution in [3.05, 3.63) is 0 Å². The number of hydrogen-bond donors (Lipinski definition) is 1. The van der Waals surface area contributed by atoms with Gasteiger partial charge in [0.05, 0.1) is 6.10 Å². The summed E-state index contributed by atoms with van der Waals surface area (Å²) in [5.41, 5.74) is 0. The number of nitrogens with zero attached hydrogens (tertiary/aromatic N) is 1. The summed E-state index contributed by atoms with van der Waals surface area (Å²) in [6.07, 6.45) is 2.31. The summed E-state index contributed by atoms with van der Waals surface area (Å²) < 4.78 is 10.9. The minimum atomic E-state index is 0.265. The van der Waals surface area contributed by atoms with Crippen LogP contribution in [0.5, 0.6) is 0 Å². The predicted molar refractivity (Wildman–Crippen MR) is 73.3 cm³/mol. The number of hydrogen-bond acceptors (Lipinski definition) is 3. The second-order valence-electron chi connectivity index (χ2n) is 4.26. The van der Waals surface area contributed by atoms with Crippen LogP contribution < -0.4 is 5.32 Å². The molecule has 1 aliphatic heterocycles. The fourth-order valence-electron chi connectivity index (χ4n) is 1.80. The van der Waals surface area contributed by atoms with Crippen molar-refractivity contribution >= 4 is 17.3 Å². The highest BCUT2D eigenvalue weighted by Crippen LogP contribution is 2.05. The van der Waals surface area contributed by atoms with Gasteiger partial charge in [-0.2, -0.15) is 0 Å². The van der Waals surface area contributed by atoms with E-state index in [0.717, 1.165) is 57.4 Å². The van der Waals surface area contributed by atoms with Crippen molar-refractivity contribution in [2.45, 2.75) is 32.8 Å². The molecule has 1 fully saturated rings. The maximum atomic E-state index is 5.59. The van der Waals surface area contributed by atoms with Gasteiger partial charge < -0.3 is 19.7 Å². The smallest absolute Gasteiger partial charge is 0.169 e. The van der Waals surface area contributed by atoms with Crippen molar-refractivity contribution in [1.29, 1.82) is 0 Å². The van der Waals surface area contributed by atoms with Crippen molar-refractivity contribution < 1.29 is 9.47 Å². The van der Waals surface area contributed by atoms with Crippen LogP contribution in [0.15, 0.2) is 0 Å². The maximum absolute atomic E-state index is 5.59. The van der Waals surface area contributed by atoms with Gasteiger partial charge in [0.1, 0.15) is 0 Å². The predicted octanol–water partition coefficient (Wildman–Crippen LogP) is 1.40. The van der Waals surface area contributed by atoms with Crippen molar-refractivity contribution in [2.24, 2.45) is 0 Å². The van der Waals surface area contributed by atoms with E-state index < -0.39 is 0 Å². The molecule has 0 aromatic carbocycles. The Hall–Kier alpha value is -0.390. The molecule has 1 rings (SSSR count). The Morgan fingerprint density at radius 3 is 3.18 bits per heavy atom. The molecule has 17 heavy (non-hydrogen) atoms. The van der Waals surface area contributed by atoms with Gasteiger partial charge in [0.2, 0.25) is 0 Å². The Bertz CT molecular complexity index is 227. The van der Waals surface area contributed by atoms with Gasteiger partial charge in [-0.15, -0.1) is 0 Å². The number of rotatable bonds is 5. The zero-order chi connectivity index (χ0) is 12.5. The summed E-state index contributed by atoms with van der Waals surface area (Å²) in [5, 5.41) is 4.13. The average molecular weight is 260 g/mol. The largest absolute Gasteiger partial charge is 0.382 e. The first-order valence-electron chi connectivity index (χ1n) is 6.46. The minimum absolute atomic E-state index is 0.265. The highest BCUT2D eigenvalue weighted by atomic mass is 32.1. The fourth-order valence-corrected chi connectivity index (χ4v) is 2.07.